The maximum Gasteiger partial charge on any atom is 0.258 e. The molecule has 4 atom stereocenters. The molecule has 0 saturated heterocycles. The number of hydrogen-bond donors (Lipinski definition) is 3. The molecule has 37 heavy (non-hydrogen) atoms. The molecule has 8 nitrogen and oxygen atoms in total. The number of fused-ring (bicyclic) bond motifs is 1. The van der Waals surface area contributed by atoms with Crippen molar-refractivity contribution >= 4 is 17.5 Å². The quantitative estimate of drug-likeness (QED) is 0.543. The number of hydrogen-bond acceptors (Lipinski definition) is 6. The molecule has 2 aromatic rings. The van der Waals surface area contributed by atoms with E-state index in [-0.39, 0.29) is 36.5 Å². The minimum atomic E-state index is -0.411. The van der Waals surface area contributed by atoms with Crippen LogP contribution in [0.4, 0.5) is 5.69 Å². The van der Waals surface area contributed by atoms with E-state index in [0.717, 1.165) is 19.3 Å². The fraction of sp³-hybridized carbons (Fsp3) is 0.517. The fourth-order valence-corrected chi connectivity index (χ4v) is 4.48. The lowest BCUT2D eigenvalue weighted by Gasteiger charge is -2.34. The Morgan fingerprint density at radius 2 is 1.92 bits per heavy atom. The predicted octanol–water partition coefficient (Wildman–Crippen LogP) is 3.95. The zero-order valence-corrected chi connectivity index (χ0v) is 22.4. The molecule has 8 heteroatoms. The minimum Gasteiger partial charge on any atom is -0.490 e. The molecule has 0 radical (unpaired) electrons. The van der Waals surface area contributed by atoms with Crippen molar-refractivity contribution in [1.82, 2.24) is 10.2 Å². The molecule has 0 aromatic heterocycles. The third-order valence-electron chi connectivity index (χ3n) is 6.75. The normalized spacial score (nSPS) is 22.4. The van der Waals surface area contributed by atoms with E-state index in [2.05, 4.69) is 17.6 Å². The number of amides is 2. The van der Waals surface area contributed by atoms with E-state index in [1.807, 2.05) is 27.0 Å². The van der Waals surface area contributed by atoms with Gasteiger partial charge in [-0.25, -0.2) is 0 Å². The summed E-state index contributed by atoms with van der Waals surface area (Å²) in [5.74, 6) is -0.0215. The number of aliphatic hydroxyl groups excluding tert-OH is 1. The smallest absolute Gasteiger partial charge is 0.258 e. The lowest BCUT2D eigenvalue weighted by molar-refractivity contribution is -0.000452. The number of carbonyl (C=O) groups is 2. The molecule has 0 fully saturated rings. The van der Waals surface area contributed by atoms with Crippen LogP contribution in [0.3, 0.4) is 0 Å². The zero-order valence-electron chi connectivity index (χ0n) is 22.4. The molecule has 1 aliphatic rings. The van der Waals surface area contributed by atoms with Crippen molar-refractivity contribution < 1.29 is 24.2 Å². The highest BCUT2D eigenvalue weighted by atomic mass is 16.5. The predicted molar refractivity (Wildman–Crippen MR) is 145 cm³/mol. The molecule has 1 aliphatic heterocycles. The highest BCUT2D eigenvalue weighted by molar-refractivity contribution is 6.05. The van der Waals surface area contributed by atoms with E-state index in [1.54, 1.807) is 47.4 Å². The Morgan fingerprint density at radius 3 is 2.62 bits per heavy atom. The molecule has 2 amide bonds. The summed E-state index contributed by atoms with van der Waals surface area (Å²) in [6, 6.07) is 13.7. The molecule has 0 unspecified atom stereocenters. The first kappa shape index (κ1) is 28.6. The van der Waals surface area contributed by atoms with Crippen LogP contribution in [0.25, 0.3) is 0 Å². The van der Waals surface area contributed by atoms with Crippen LogP contribution in [0.5, 0.6) is 5.75 Å². The van der Waals surface area contributed by atoms with E-state index in [1.165, 1.54) is 0 Å². The Labute approximate surface area is 220 Å². The first-order chi connectivity index (χ1) is 17.8. The van der Waals surface area contributed by atoms with Crippen LogP contribution in [-0.2, 0) is 4.74 Å². The molecule has 0 saturated carbocycles. The van der Waals surface area contributed by atoms with Crippen LogP contribution in [0.15, 0.2) is 48.5 Å². The van der Waals surface area contributed by atoms with E-state index < -0.39 is 6.04 Å². The van der Waals surface area contributed by atoms with Crippen molar-refractivity contribution in [1.29, 1.82) is 0 Å². The van der Waals surface area contributed by atoms with Gasteiger partial charge in [-0.05, 0) is 70.5 Å². The summed E-state index contributed by atoms with van der Waals surface area (Å²) >= 11 is 0. The van der Waals surface area contributed by atoms with Gasteiger partial charge in [0.2, 0.25) is 0 Å². The lowest BCUT2D eigenvalue weighted by Crippen LogP contribution is -2.47. The van der Waals surface area contributed by atoms with Gasteiger partial charge in [-0.2, -0.15) is 0 Å². The first-order valence-corrected chi connectivity index (χ1v) is 13.2. The monoisotopic (exact) mass is 511 g/mol. The average molecular weight is 512 g/mol. The number of ether oxygens (including phenoxy) is 2. The van der Waals surface area contributed by atoms with Gasteiger partial charge in [0.25, 0.3) is 11.8 Å². The van der Waals surface area contributed by atoms with Crippen molar-refractivity contribution in [3.05, 3.63) is 59.7 Å². The fourth-order valence-electron chi connectivity index (χ4n) is 4.48. The molecule has 3 N–H and O–H groups in total. The van der Waals surface area contributed by atoms with Gasteiger partial charge in [-0.1, -0.05) is 25.1 Å². The van der Waals surface area contributed by atoms with Gasteiger partial charge in [0, 0.05) is 36.9 Å². The number of nitrogens with zero attached hydrogens (tertiary/aromatic N) is 1. The third kappa shape index (κ3) is 8.02. The van der Waals surface area contributed by atoms with Crippen LogP contribution in [0.1, 0.15) is 60.7 Å². The summed E-state index contributed by atoms with van der Waals surface area (Å²) in [6.45, 7) is 7.43. The molecule has 0 bridgehead atoms. The van der Waals surface area contributed by atoms with E-state index in [9.17, 15) is 14.7 Å². The summed E-state index contributed by atoms with van der Waals surface area (Å²) in [7, 11) is 1.89. The molecule has 3 rings (SSSR count). The standard InChI is InChI=1S/C29H41N3O5/c1-20-18-32(21(2)19-33)29(35)25-16-24(31-28(34)23-11-6-5-7-12-23)13-14-26(25)37-22(3)10-8-9-15-36-27(20)17-30-4/h5-7,11-14,16,20-22,27,30,33H,8-10,15,17-19H2,1-4H3,(H,31,34)/t20-,21-,22+,27+/m1/s1. The minimum absolute atomic E-state index is 0.0256. The zero-order chi connectivity index (χ0) is 26.8. The second-order valence-corrected chi connectivity index (χ2v) is 9.89. The molecule has 0 aliphatic carbocycles. The number of anilines is 1. The number of aliphatic hydroxyl groups is 1. The van der Waals surface area contributed by atoms with Gasteiger partial charge in [0.1, 0.15) is 5.75 Å². The summed E-state index contributed by atoms with van der Waals surface area (Å²) < 4.78 is 12.4. The van der Waals surface area contributed by atoms with Crippen molar-refractivity contribution in [2.45, 2.75) is 58.3 Å². The van der Waals surface area contributed by atoms with Gasteiger partial charge in [0.05, 0.1) is 30.4 Å². The second kappa shape index (κ2) is 14.1. The first-order valence-electron chi connectivity index (χ1n) is 13.2. The largest absolute Gasteiger partial charge is 0.490 e. The second-order valence-electron chi connectivity index (χ2n) is 9.89. The highest BCUT2D eigenvalue weighted by Crippen LogP contribution is 2.28. The molecule has 0 spiro atoms. The number of nitrogens with one attached hydrogen (secondary N) is 2. The van der Waals surface area contributed by atoms with Crippen molar-refractivity contribution in [3.63, 3.8) is 0 Å². The number of likely N-dealkylation sites (N-methyl/N-ethyl adjacent to an activating group) is 1. The SMILES string of the molecule is CNC[C@@H]1OCCCC[C@H](C)Oc2ccc(NC(=O)c3ccccc3)cc2C(=O)N([C@H](C)CO)C[C@H]1C. The van der Waals surface area contributed by atoms with Gasteiger partial charge in [0.15, 0.2) is 0 Å². The maximum atomic E-state index is 14.0. The van der Waals surface area contributed by atoms with E-state index in [0.29, 0.717) is 42.3 Å². The van der Waals surface area contributed by atoms with E-state index in [4.69, 9.17) is 9.47 Å². The summed E-state index contributed by atoms with van der Waals surface area (Å²) in [5, 5.41) is 16.1. The maximum absolute atomic E-state index is 14.0. The lowest BCUT2D eigenvalue weighted by atomic mass is 10.0. The Balaban J connectivity index is 1.97. The van der Waals surface area contributed by atoms with Crippen LogP contribution >= 0.6 is 0 Å². The Kier molecular flexibility index (Phi) is 10.9. The van der Waals surface area contributed by atoms with Gasteiger partial charge in [-0.3, -0.25) is 9.59 Å². The third-order valence-corrected chi connectivity index (χ3v) is 6.75. The number of carbonyl (C=O) groups excluding carboxylic acids is 2. The average Bonchev–Trinajstić information content (AvgIpc) is 2.90. The van der Waals surface area contributed by atoms with Crippen molar-refractivity contribution in [2.24, 2.45) is 5.92 Å². The van der Waals surface area contributed by atoms with Gasteiger partial charge in [-0.15, -0.1) is 0 Å². The van der Waals surface area contributed by atoms with Crippen LogP contribution in [0, 0.1) is 5.92 Å². The van der Waals surface area contributed by atoms with Crippen LogP contribution < -0.4 is 15.4 Å². The van der Waals surface area contributed by atoms with Gasteiger partial charge >= 0.3 is 0 Å². The Hall–Kier alpha value is -2.94. The van der Waals surface area contributed by atoms with Crippen LogP contribution in [0.2, 0.25) is 0 Å². The Bertz CT molecular complexity index is 1020. The molecule has 2 aromatic carbocycles. The number of rotatable bonds is 6. The summed E-state index contributed by atoms with van der Waals surface area (Å²) in [4.78, 5) is 28.4. The molecular formula is C29H41N3O5. The van der Waals surface area contributed by atoms with Crippen LogP contribution in [-0.4, -0.2) is 73.4 Å². The van der Waals surface area contributed by atoms with Gasteiger partial charge < -0.3 is 30.1 Å². The molecule has 1 heterocycles. The van der Waals surface area contributed by atoms with E-state index >= 15 is 0 Å². The van der Waals surface area contributed by atoms with Crippen molar-refractivity contribution in [3.8, 4) is 5.75 Å². The highest BCUT2D eigenvalue weighted by Gasteiger charge is 2.29. The molecular weight excluding hydrogens is 470 g/mol. The summed E-state index contributed by atoms with van der Waals surface area (Å²) in [6.07, 6.45) is 2.53. The number of benzene rings is 2. The molecule has 202 valence electrons. The summed E-state index contributed by atoms with van der Waals surface area (Å²) in [5.41, 5.74) is 1.38. The topological polar surface area (TPSA) is 100 Å². The van der Waals surface area contributed by atoms with Crippen molar-refractivity contribution in [2.75, 3.05) is 38.7 Å². The Morgan fingerprint density at radius 1 is 1.16 bits per heavy atom.